The van der Waals surface area contributed by atoms with Crippen LogP contribution in [0.3, 0.4) is 0 Å². The number of carbonyl (C=O) groups excluding carboxylic acids is 2. The molecule has 7 heteroatoms. The molecule has 0 aliphatic rings. The Labute approximate surface area is 114 Å². The fraction of sp³-hybridized carbons (Fsp3) is 0.308. The van der Waals surface area contributed by atoms with Gasteiger partial charge in [0.1, 0.15) is 11.9 Å². The average molecular weight is 282 g/mol. The van der Waals surface area contributed by atoms with Crippen molar-refractivity contribution in [1.29, 1.82) is 0 Å². The zero-order valence-corrected chi connectivity index (χ0v) is 10.6. The number of amides is 2. The van der Waals surface area contributed by atoms with Crippen molar-refractivity contribution in [3.8, 4) is 0 Å². The summed E-state index contributed by atoms with van der Waals surface area (Å²) in [5, 5.41) is 11.0. The van der Waals surface area contributed by atoms with Crippen LogP contribution in [0.2, 0.25) is 0 Å². The van der Waals surface area contributed by atoms with Gasteiger partial charge >= 0.3 is 5.97 Å². The molecule has 0 fully saturated rings. The second kappa shape index (κ2) is 7.22. The van der Waals surface area contributed by atoms with Crippen LogP contribution in [-0.4, -0.2) is 28.9 Å². The van der Waals surface area contributed by atoms with E-state index in [2.05, 4.69) is 5.32 Å². The largest absolute Gasteiger partial charge is 0.480 e. The topological polar surface area (TPSA) is 109 Å². The first-order valence-electron chi connectivity index (χ1n) is 5.93. The number of hydrogen-bond acceptors (Lipinski definition) is 3. The first kappa shape index (κ1) is 15.6. The third kappa shape index (κ3) is 5.47. The van der Waals surface area contributed by atoms with Crippen molar-refractivity contribution < 1.29 is 23.9 Å². The van der Waals surface area contributed by atoms with E-state index < -0.39 is 30.2 Å². The molecular formula is C13H15FN2O4. The molecule has 1 aromatic carbocycles. The van der Waals surface area contributed by atoms with Crippen LogP contribution >= 0.6 is 0 Å². The standard InChI is InChI=1S/C13H15FN2O4/c14-9-4-1-8(2-5-9)3-6-12(18)16-10(13(19)20)7-11(15)17/h1-2,4-5,10H,3,6-7H2,(H2,15,17)(H,16,18)(H,19,20)/t10-/m0/s1. The molecule has 0 heterocycles. The molecular weight excluding hydrogens is 267 g/mol. The molecule has 1 rings (SSSR count). The molecule has 4 N–H and O–H groups in total. The molecule has 6 nitrogen and oxygen atoms in total. The summed E-state index contributed by atoms with van der Waals surface area (Å²) in [6.45, 7) is 0. The van der Waals surface area contributed by atoms with Gasteiger partial charge in [0.2, 0.25) is 11.8 Å². The lowest BCUT2D eigenvalue weighted by Gasteiger charge is -2.12. The monoisotopic (exact) mass is 282 g/mol. The minimum atomic E-state index is -1.33. The van der Waals surface area contributed by atoms with Crippen LogP contribution in [0.25, 0.3) is 0 Å². The summed E-state index contributed by atoms with van der Waals surface area (Å²) < 4.78 is 12.7. The Balaban J connectivity index is 2.47. The second-order valence-electron chi connectivity index (χ2n) is 4.26. The minimum Gasteiger partial charge on any atom is -0.480 e. The van der Waals surface area contributed by atoms with Crippen LogP contribution in [0.4, 0.5) is 4.39 Å². The number of carboxylic acid groups (broad SMARTS) is 1. The molecule has 0 aliphatic carbocycles. The van der Waals surface area contributed by atoms with E-state index in [-0.39, 0.29) is 12.2 Å². The Bertz CT molecular complexity index is 502. The molecule has 20 heavy (non-hydrogen) atoms. The fourth-order valence-corrected chi connectivity index (χ4v) is 1.58. The number of nitrogens with two attached hydrogens (primary N) is 1. The number of primary amides is 1. The number of aliphatic carboxylic acids is 1. The Kier molecular flexibility index (Phi) is 5.64. The summed E-state index contributed by atoms with van der Waals surface area (Å²) in [5.41, 5.74) is 5.65. The van der Waals surface area contributed by atoms with Gasteiger partial charge in [-0.3, -0.25) is 9.59 Å². The van der Waals surface area contributed by atoms with Gasteiger partial charge in [0.25, 0.3) is 0 Å². The summed E-state index contributed by atoms with van der Waals surface area (Å²) in [5.74, 6) is -3.01. The lowest BCUT2D eigenvalue weighted by molar-refractivity contribution is -0.143. The van der Waals surface area contributed by atoms with Crippen molar-refractivity contribution in [1.82, 2.24) is 5.32 Å². The summed E-state index contributed by atoms with van der Waals surface area (Å²) in [6.07, 6.45) is -0.0825. The van der Waals surface area contributed by atoms with Crippen LogP contribution in [0.5, 0.6) is 0 Å². The molecule has 0 unspecified atom stereocenters. The average Bonchev–Trinajstić information content (AvgIpc) is 2.36. The third-order valence-electron chi connectivity index (χ3n) is 2.59. The normalized spacial score (nSPS) is 11.7. The molecule has 108 valence electrons. The highest BCUT2D eigenvalue weighted by molar-refractivity contribution is 5.88. The molecule has 0 bridgehead atoms. The first-order chi connectivity index (χ1) is 9.38. The van der Waals surface area contributed by atoms with Crippen molar-refractivity contribution >= 4 is 17.8 Å². The van der Waals surface area contributed by atoms with Crippen LogP contribution < -0.4 is 11.1 Å². The van der Waals surface area contributed by atoms with Crippen LogP contribution in [0.1, 0.15) is 18.4 Å². The van der Waals surface area contributed by atoms with Gasteiger partial charge in [0, 0.05) is 6.42 Å². The zero-order chi connectivity index (χ0) is 15.1. The van der Waals surface area contributed by atoms with E-state index in [0.717, 1.165) is 5.56 Å². The highest BCUT2D eigenvalue weighted by Crippen LogP contribution is 2.05. The molecule has 1 aromatic rings. The van der Waals surface area contributed by atoms with E-state index in [0.29, 0.717) is 6.42 Å². The van der Waals surface area contributed by atoms with Crippen LogP contribution in [-0.2, 0) is 20.8 Å². The van der Waals surface area contributed by atoms with Crippen LogP contribution in [0.15, 0.2) is 24.3 Å². The SMILES string of the molecule is NC(=O)C[C@H](NC(=O)CCc1ccc(F)cc1)C(=O)O. The van der Waals surface area contributed by atoms with Gasteiger partial charge in [0.15, 0.2) is 0 Å². The van der Waals surface area contributed by atoms with Gasteiger partial charge in [-0.15, -0.1) is 0 Å². The summed E-state index contributed by atoms with van der Waals surface area (Å²) in [6, 6.07) is 4.32. The summed E-state index contributed by atoms with van der Waals surface area (Å²) >= 11 is 0. The molecule has 0 saturated heterocycles. The van der Waals surface area contributed by atoms with Gasteiger partial charge in [-0.1, -0.05) is 12.1 Å². The Morgan fingerprint density at radius 3 is 2.35 bits per heavy atom. The zero-order valence-electron chi connectivity index (χ0n) is 10.6. The Morgan fingerprint density at radius 1 is 1.25 bits per heavy atom. The van der Waals surface area contributed by atoms with Gasteiger partial charge < -0.3 is 16.2 Å². The highest BCUT2D eigenvalue weighted by Gasteiger charge is 2.21. The van der Waals surface area contributed by atoms with Crippen LogP contribution in [0, 0.1) is 5.82 Å². The predicted molar refractivity (Wildman–Crippen MR) is 68.1 cm³/mol. The van der Waals surface area contributed by atoms with E-state index >= 15 is 0 Å². The maximum Gasteiger partial charge on any atom is 0.326 e. The van der Waals surface area contributed by atoms with E-state index in [1.165, 1.54) is 12.1 Å². The van der Waals surface area contributed by atoms with E-state index in [4.69, 9.17) is 10.8 Å². The van der Waals surface area contributed by atoms with Gasteiger partial charge in [-0.2, -0.15) is 0 Å². The lowest BCUT2D eigenvalue weighted by atomic mass is 10.1. The number of carboxylic acids is 1. The molecule has 1 atom stereocenters. The summed E-state index contributed by atoms with van der Waals surface area (Å²) in [7, 11) is 0. The maximum absolute atomic E-state index is 12.7. The van der Waals surface area contributed by atoms with Crippen molar-refractivity contribution in [2.75, 3.05) is 0 Å². The van der Waals surface area contributed by atoms with Gasteiger partial charge in [0.05, 0.1) is 6.42 Å². The Morgan fingerprint density at radius 2 is 1.85 bits per heavy atom. The maximum atomic E-state index is 12.7. The van der Waals surface area contributed by atoms with E-state index in [1.807, 2.05) is 0 Å². The minimum absolute atomic E-state index is 0.0359. The number of benzene rings is 1. The van der Waals surface area contributed by atoms with Gasteiger partial charge in [-0.05, 0) is 24.1 Å². The summed E-state index contributed by atoms with van der Waals surface area (Å²) in [4.78, 5) is 33.1. The third-order valence-corrected chi connectivity index (χ3v) is 2.59. The molecule has 0 aliphatic heterocycles. The van der Waals surface area contributed by atoms with Crippen molar-refractivity contribution in [2.45, 2.75) is 25.3 Å². The molecule has 0 saturated carbocycles. The van der Waals surface area contributed by atoms with E-state index in [1.54, 1.807) is 12.1 Å². The molecule has 2 amide bonds. The number of rotatable bonds is 7. The predicted octanol–water partition coefficient (Wildman–Crippen LogP) is 0.203. The van der Waals surface area contributed by atoms with E-state index in [9.17, 15) is 18.8 Å². The number of hydrogen-bond donors (Lipinski definition) is 3. The van der Waals surface area contributed by atoms with Crippen molar-refractivity contribution in [3.05, 3.63) is 35.6 Å². The number of aryl methyl sites for hydroxylation is 1. The molecule has 0 spiro atoms. The number of carbonyl (C=O) groups is 3. The van der Waals surface area contributed by atoms with Crippen molar-refractivity contribution in [3.63, 3.8) is 0 Å². The Hall–Kier alpha value is -2.44. The molecule has 0 aromatic heterocycles. The quantitative estimate of drug-likeness (QED) is 0.663. The highest BCUT2D eigenvalue weighted by atomic mass is 19.1. The number of halogens is 1. The first-order valence-corrected chi connectivity index (χ1v) is 5.93. The molecule has 0 radical (unpaired) electrons. The van der Waals surface area contributed by atoms with Gasteiger partial charge in [-0.25, -0.2) is 9.18 Å². The van der Waals surface area contributed by atoms with Crippen molar-refractivity contribution in [2.24, 2.45) is 5.73 Å². The smallest absolute Gasteiger partial charge is 0.326 e. The second-order valence-corrected chi connectivity index (χ2v) is 4.26. The number of nitrogens with one attached hydrogen (secondary N) is 1. The fourth-order valence-electron chi connectivity index (χ4n) is 1.58. The lowest BCUT2D eigenvalue weighted by Crippen LogP contribution is -2.43.